The maximum Gasteiger partial charge on any atom is 0.159 e. The molecular formula is C37H25N3O. The number of hydrogen-bond donors (Lipinski definition) is 1. The van der Waals surface area contributed by atoms with E-state index in [4.69, 9.17) is 14.4 Å². The molecule has 0 fully saturated rings. The Morgan fingerprint density at radius 2 is 1.27 bits per heavy atom. The van der Waals surface area contributed by atoms with E-state index >= 15 is 0 Å². The van der Waals surface area contributed by atoms with Gasteiger partial charge in [-0.05, 0) is 51.7 Å². The summed E-state index contributed by atoms with van der Waals surface area (Å²) in [7, 11) is 0. The Balaban J connectivity index is 1.24. The number of hydrogen-bond acceptors (Lipinski definition) is 4. The van der Waals surface area contributed by atoms with Crippen LogP contribution in [0.1, 0.15) is 22.9 Å². The summed E-state index contributed by atoms with van der Waals surface area (Å²) in [6.45, 7) is 0. The summed E-state index contributed by atoms with van der Waals surface area (Å²) in [6.07, 6.45) is -0.229. The van der Waals surface area contributed by atoms with Gasteiger partial charge in [-0.3, -0.25) is 0 Å². The van der Waals surface area contributed by atoms with Crippen LogP contribution in [0.2, 0.25) is 0 Å². The van der Waals surface area contributed by atoms with E-state index in [0.717, 1.165) is 66.8 Å². The molecule has 1 aliphatic rings. The molecule has 0 saturated heterocycles. The van der Waals surface area contributed by atoms with Crippen molar-refractivity contribution in [3.63, 3.8) is 0 Å². The Bertz CT molecular complexity index is 2120. The van der Waals surface area contributed by atoms with Crippen molar-refractivity contribution in [1.82, 2.24) is 5.32 Å². The van der Waals surface area contributed by atoms with Crippen LogP contribution in [0.25, 0.3) is 43.8 Å². The van der Waals surface area contributed by atoms with Crippen LogP contribution >= 0.6 is 0 Å². The van der Waals surface area contributed by atoms with Gasteiger partial charge in [0.2, 0.25) is 0 Å². The molecule has 41 heavy (non-hydrogen) atoms. The van der Waals surface area contributed by atoms with Crippen LogP contribution in [0, 0.1) is 0 Å². The molecule has 6 aromatic carbocycles. The molecule has 2 heterocycles. The maximum atomic E-state index is 6.16. The summed E-state index contributed by atoms with van der Waals surface area (Å²) < 4.78 is 6.16. The van der Waals surface area contributed by atoms with Gasteiger partial charge in [-0.15, -0.1) is 0 Å². The second-order valence-corrected chi connectivity index (χ2v) is 10.3. The normalized spacial score (nSPS) is 15.1. The molecule has 0 bridgehead atoms. The van der Waals surface area contributed by atoms with E-state index in [1.54, 1.807) is 0 Å². The van der Waals surface area contributed by atoms with Gasteiger partial charge in [-0.2, -0.15) is 0 Å². The molecule has 8 rings (SSSR count). The third kappa shape index (κ3) is 4.17. The molecule has 0 spiro atoms. The number of nitrogens with one attached hydrogen (secondary N) is 1. The number of nitrogens with zero attached hydrogens (tertiary/aromatic N) is 2. The number of para-hydroxylation sites is 1. The highest BCUT2D eigenvalue weighted by Gasteiger charge is 2.21. The highest BCUT2D eigenvalue weighted by molar-refractivity contribution is 6.15. The van der Waals surface area contributed by atoms with Crippen LogP contribution < -0.4 is 5.32 Å². The molecule has 194 valence electrons. The molecule has 0 saturated carbocycles. The van der Waals surface area contributed by atoms with Gasteiger partial charge >= 0.3 is 0 Å². The summed E-state index contributed by atoms with van der Waals surface area (Å²) >= 11 is 0. The molecule has 7 aromatic rings. The van der Waals surface area contributed by atoms with Crippen molar-refractivity contribution >= 4 is 44.4 Å². The van der Waals surface area contributed by atoms with Crippen molar-refractivity contribution in [1.29, 1.82) is 0 Å². The third-order valence-electron chi connectivity index (χ3n) is 7.72. The van der Waals surface area contributed by atoms with Crippen LogP contribution in [0.3, 0.4) is 0 Å². The van der Waals surface area contributed by atoms with Crippen molar-refractivity contribution in [3.05, 3.63) is 156 Å². The van der Waals surface area contributed by atoms with Gasteiger partial charge in [0.25, 0.3) is 0 Å². The zero-order valence-corrected chi connectivity index (χ0v) is 22.2. The molecule has 4 heteroatoms. The number of benzene rings is 6. The predicted octanol–water partition coefficient (Wildman–Crippen LogP) is 8.90. The molecule has 1 N–H and O–H groups in total. The molecule has 1 unspecified atom stereocenters. The number of aliphatic imine (C=N–C) groups is 2. The maximum absolute atomic E-state index is 6.16. The first-order valence-corrected chi connectivity index (χ1v) is 13.8. The van der Waals surface area contributed by atoms with Crippen LogP contribution in [-0.4, -0.2) is 11.7 Å². The molecule has 1 aliphatic heterocycles. The van der Waals surface area contributed by atoms with Gasteiger partial charge in [-0.25, -0.2) is 9.98 Å². The Hall–Kier alpha value is -5.48. The molecule has 4 nitrogen and oxygen atoms in total. The number of amidine groups is 2. The van der Waals surface area contributed by atoms with Crippen molar-refractivity contribution in [2.45, 2.75) is 6.17 Å². The fourth-order valence-corrected chi connectivity index (χ4v) is 5.70. The predicted molar refractivity (Wildman–Crippen MR) is 168 cm³/mol. The first-order chi connectivity index (χ1) is 20.3. The topological polar surface area (TPSA) is 49.9 Å². The Labute approximate surface area is 237 Å². The van der Waals surface area contributed by atoms with Gasteiger partial charge in [-0.1, -0.05) is 115 Å². The third-order valence-corrected chi connectivity index (χ3v) is 7.72. The molecule has 1 atom stereocenters. The van der Waals surface area contributed by atoms with E-state index in [1.807, 2.05) is 54.6 Å². The van der Waals surface area contributed by atoms with Crippen molar-refractivity contribution in [2.75, 3.05) is 0 Å². The average molecular weight is 528 g/mol. The fraction of sp³-hybridized carbons (Fsp3) is 0.0270. The summed E-state index contributed by atoms with van der Waals surface area (Å²) in [4.78, 5) is 9.97. The lowest BCUT2D eigenvalue weighted by Gasteiger charge is -2.23. The van der Waals surface area contributed by atoms with Gasteiger partial charge in [0, 0.05) is 21.9 Å². The lowest BCUT2D eigenvalue weighted by atomic mass is 9.96. The average Bonchev–Trinajstić information content (AvgIpc) is 3.44. The van der Waals surface area contributed by atoms with Gasteiger partial charge < -0.3 is 9.73 Å². The smallest absolute Gasteiger partial charge is 0.159 e. The Morgan fingerprint density at radius 1 is 0.561 bits per heavy atom. The first kappa shape index (κ1) is 23.4. The number of fused-ring (bicyclic) bond motifs is 4. The highest BCUT2D eigenvalue weighted by atomic mass is 16.3. The van der Waals surface area contributed by atoms with Gasteiger partial charge in [0.15, 0.2) is 5.84 Å². The van der Waals surface area contributed by atoms with Crippen molar-refractivity contribution < 1.29 is 4.42 Å². The summed E-state index contributed by atoms with van der Waals surface area (Å²) in [5, 5.41) is 8.19. The minimum absolute atomic E-state index is 0.229. The fourth-order valence-electron chi connectivity index (χ4n) is 5.70. The van der Waals surface area contributed by atoms with Crippen LogP contribution in [0.5, 0.6) is 0 Å². The van der Waals surface area contributed by atoms with Crippen molar-refractivity contribution in [2.24, 2.45) is 9.98 Å². The van der Waals surface area contributed by atoms with E-state index in [9.17, 15) is 0 Å². The van der Waals surface area contributed by atoms with Crippen LogP contribution in [-0.2, 0) is 0 Å². The van der Waals surface area contributed by atoms with E-state index in [-0.39, 0.29) is 6.17 Å². The Kier molecular flexibility index (Phi) is 5.49. The molecule has 0 radical (unpaired) electrons. The minimum Gasteiger partial charge on any atom is -0.456 e. The van der Waals surface area contributed by atoms with Crippen molar-refractivity contribution in [3.8, 4) is 11.1 Å². The lowest BCUT2D eigenvalue weighted by Crippen LogP contribution is -2.33. The van der Waals surface area contributed by atoms with E-state index in [2.05, 4.69) is 90.2 Å². The molecule has 0 aliphatic carbocycles. The first-order valence-electron chi connectivity index (χ1n) is 13.8. The quantitative estimate of drug-likeness (QED) is 0.248. The lowest BCUT2D eigenvalue weighted by molar-refractivity contribution is 0.669. The summed E-state index contributed by atoms with van der Waals surface area (Å²) in [5.41, 5.74) is 7.23. The second-order valence-electron chi connectivity index (χ2n) is 10.3. The standard InChI is InChI=1S/C37H25N3O/c1-3-10-25(11-4-1)35-38-36(26-12-5-2-6-13-26)40-37(39-35)28-21-19-24-18-20-27(22-29(24)23-28)30-15-9-17-33-34(30)31-14-7-8-16-32(31)41-33/h1-23,35H,(H,38,39,40). The van der Waals surface area contributed by atoms with E-state index in [0.29, 0.717) is 0 Å². The largest absolute Gasteiger partial charge is 0.456 e. The van der Waals surface area contributed by atoms with E-state index < -0.39 is 0 Å². The zero-order valence-electron chi connectivity index (χ0n) is 22.2. The highest BCUT2D eigenvalue weighted by Crippen LogP contribution is 2.37. The van der Waals surface area contributed by atoms with Crippen LogP contribution in [0.4, 0.5) is 0 Å². The van der Waals surface area contributed by atoms with Crippen LogP contribution in [0.15, 0.2) is 154 Å². The van der Waals surface area contributed by atoms with Gasteiger partial charge in [0.05, 0.1) is 0 Å². The second kappa shape index (κ2) is 9.61. The number of rotatable bonds is 4. The van der Waals surface area contributed by atoms with Gasteiger partial charge in [0.1, 0.15) is 23.2 Å². The SMILES string of the molecule is c1ccc(C2=NC(c3ccccc3)NC(c3ccc4ccc(-c5cccc6oc7ccccc7c56)cc4c3)=N2)cc1. The minimum atomic E-state index is -0.229. The molecule has 0 amide bonds. The zero-order chi connectivity index (χ0) is 27.2. The summed E-state index contributed by atoms with van der Waals surface area (Å²) in [6, 6.07) is 48.2. The molecular weight excluding hydrogens is 502 g/mol. The Morgan fingerprint density at radius 3 is 2.12 bits per heavy atom. The monoisotopic (exact) mass is 527 g/mol. The molecule has 1 aromatic heterocycles. The van der Waals surface area contributed by atoms with E-state index in [1.165, 1.54) is 5.39 Å². The summed E-state index contributed by atoms with van der Waals surface area (Å²) in [5.74, 6) is 1.53. The number of furan rings is 1.